The quantitative estimate of drug-likeness (QED) is 0.901. The first-order valence-electron chi connectivity index (χ1n) is 6.25. The average Bonchev–Trinajstić information content (AvgIpc) is 2.85. The number of aromatic nitrogens is 2. The Kier molecular flexibility index (Phi) is 4.27. The van der Waals surface area contributed by atoms with Crippen molar-refractivity contribution >= 4 is 0 Å². The number of hydrogen-bond acceptors (Lipinski definition) is 2. The zero-order chi connectivity index (χ0) is 13.8. The van der Waals surface area contributed by atoms with Crippen LogP contribution in [-0.2, 0) is 6.54 Å². The molecule has 3 nitrogen and oxygen atoms in total. The monoisotopic (exact) mass is 265 g/mol. The van der Waals surface area contributed by atoms with Crippen LogP contribution in [-0.4, -0.2) is 15.8 Å². The van der Waals surface area contributed by atoms with Gasteiger partial charge in [-0.3, -0.25) is 4.68 Å². The summed E-state index contributed by atoms with van der Waals surface area (Å²) in [5.41, 5.74) is 0.340. The molecule has 0 aliphatic carbocycles. The van der Waals surface area contributed by atoms with Crippen molar-refractivity contribution in [3.63, 3.8) is 0 Å². The molecule has 0 aliphatic rings. The molecular weight excluding hydrogens is 248 g/mol. The second-order valence-electron chi connectivity index (χ2n) is 4.66. The molecule has 0 spiro atoms. The summed E-state index contributed by atoms with van der Waals surface area (Å²) in [5, 5.41) is 7.35. The minimum atomic E-state index is -0.814. The Morgan fingerprint density at radius 1 is 1.26 bits per heavy atom. The normalized spacial score (nSPS) is 14.3. The van der Waals surface area contributed by atoms with Gasteiger partial charge in [0, 0.05) is 30.0 Å². The molecule has 1 aromatic carbocycles. The van der Waals surface area contributed by atoms with Crippen LogP contribution in [0.4, 0.5) is 8.78 Å². The fourth-order valence-corrected chi connectivity index (χ4v) is 2.11. The van der Waals surface area contributed by atoms with Crippen molar-refractivity contribution in [2.45, 2.75) is 32.5 Å². The van der Waals surface area contributed by atoms with Crippen LogP contribution < -0.4 is 5.32 Å². The number of halogens is 2. The number of nitrogens with zero attached hydrogens (tertiary/aromatic N) is 2. The van der Waals surface area contributed by atoms with Crippen LogP contribution in [0.3, 0.4) is 0 Å². The maximum atomic E-state index is 13.6. The molecule has 5 heteroatoms. The van der Waals surface area contributed by atoms with Crippen LogP contribution in [0.25, 0.3) is 0 Å². The van der Waals surface area contributed by atoms with Gasteiger partial charge in [-0.2, -0.15) is 5.10 Å². The maximum absolute atomic E-state index is 13.6. The predicted molar refractivity (Wildman–Crippen MR) is 69.6 cm³/mol. The molecule has 1 heterocycles. The molecule has 0 aliphatic heterocycles. The minimum absolute atomic E-state index is 0.0950. The van der Waals surface area contributed by atoms with Gasteiger partial charge in [0.05, 0.1) is 6.54 Å². The van der Waals surface area contributed by atoms with Gasteiger partial charge >= 0.3 is 0 Å². The highest BCUT2D eigenvalue weighted by Crippen LogP contribution is 2.19. The van der Waals surface area contributed by atoms with Gasteiger partial charge in [-0.05, 0) is 26.0 Å². The number of hydrogen-bond donors (Lipinski definition) is 1. The van der Waals surface area contributed by atoms with Gasteiger partial charge in [0.2, 0.25) is 0 Å². The highest BCUT2D eigenvalue weighted by Gasteiger charge is 2.16. The zero-order valence-corrected chi connectivity index (χ0v) is 11.0. The van der Waals surface area contributed by atoms with Crippen molar-refractivity contribution in [2.24, 2.45) is 0 Å². The predicted octanol–water partition coefficient (Wildman–Crippen LogP) is 2.90. The summed E-state index contributed by atoms with van der Waals surface area (Å²) >= 11 is 0. The van der Waals surface area contributed by atoms with Gasteiger partial charge in [0.15, 0.2) is 11.6 Å². The first-order chi connectivity index (χ1) is 9.08. The lowest BCUT2D eigenvalue weighted by Gasteiger charge is -2.21. The van der Waals surface area contributed by atoms with E-state index >= 15 is 0 Å². The summed E-state index contributed by atoms with van der Waals surface area (Å²) in [4.78, 5) is 0. The summed E-state index contributed by atoms with van der Waals surface area (Å²) in [6, 6.07) is 5.92. The van der Waals surface area contributed by atoms with Crippen LogP contribution in [0.2, 0.25) is 0 Å². The summed E-state index contributed by atoms with van der Waals surface area (Å²) in [6.45, 7) is 4.47. The molecule has 0 amide bonds. The standard InChI is InChI=1S/C14H17F2N3/c1-10(9-19-8-4-7-17-19)18-11(2)12-5-3-6-13(15)14(12)16/h3-8,10-11,18H,9H2,1-2H3. The molecular formula is C14H17F2N3. The first-order valence-corrected chi connectivity index (χ1v) is 6.25. The highest BCUT2D eigenvalue weighted by molar-refractivity contribution is 5.22. The highest BCUT2D eigenvalue weighted by atomic mass is 19.2. The lowest BCUT2D eigenvalue weighted by Crippen LogP contribution is -2.33. The third kappa shape index (κ3) is 3.38. The number of nitrogens with one attached hydrogen (secondary N) is 1. The van der Waals surface area contributed by atoms with Crippen LogP contribution in [0.15, 0.2) is 36.7 Å². The fourth-order valence-electron chi connectivity index (χ4n) is 2.11. The van der Waals surface area contributed by atoms with Gasteiger partial charge in [-0.25, -0.2) is 8.78 Å². The Balaban J connectivity index is 2.00. The molecule has 0 radical (unpaired) electrons. The first kappa shape index (κ1) is 13.7. The molecule has 1 aromatic heterocycles. The molecule has 2 atom stereocenters. The molecule has 0 saturated carbocycles. The smallest absolute Gasteiger partial charge is 0.163 e. The lowest BCUT2D eigenvalue weighted by atomic mass is 10.1. The SMILES string of the molecule is CC(Cn1cccn1)NC(C)c1cccc(F)c1F. The molecule has 1 N–H and O–H groups in total. The van der Waals surface area contributed by atoms with E-state index in [4.69, 9.17) is 0 Å². The fraction of sp³-hybridized carbons (Fsp3) is 0.357. The van der Waals surface area contributed by atoms with Gasteiger partial charge in [0.25, 0.3) is 0 Å². The molecule has 0 saturated heterocycles. The van der Waals surface area contributed by atoms with Crippen molar-refractivity contribution < 1.29 is 8.78 Å². The van der Waals surface area contributed by atoms with Crippen LogP contribution in [0.1, 0.15) is 25.5 Å². The molecule has 0 fully saturated rings. The molecule has 2 rings (SSSR count). The average molecular weight is 265 g/mol. The molecule has 0 bridgehead atoms. The van der Waals surface area contributed by atoms with Crippen LogP contribution >= 0.6 is 0 Å². The van der Waals surface area contributed by atoms with Crippen LogP contribution in [0.5, 0.6) is 0 Å². The van der Waals surface area contributed by atoms with E-state index in [0.717, 1.165) is 6.07 Å². The van der Waals surface area contributed by atoms with Crippen molar-refractivity contribution in [3.8, 4) is 0 Å². The van der Waals surface area contributed by atoms with E-state index in [9.17, 15) is 8.78 Å². The molecule has 2 unspecified atom stereocenters. The summed E-state index contributed by atoms with van der Waals surface area (Å²) in [7, 11) is 0. The van der Waals surface area contributed by atoms with Crippen LogP contribution in [0, 0.1) is 11.6 Å². The topological polar surface area (TPSA) is 29.9 Å². The van der Waals surface area contributed by atoms with Crippen molar-refractivity contribution in [1.29, 1.82) is 0 Å². The molecule has 2 aromatic rings. The van der Waals surface area contributed by atoms with E-state index in [-0.39, 0.29) is 12.1 Å². The second kappa shape index (κ2) is 5.93. The minimum Gasteiger partial charge on any atom is -0.306 e. The zero-order valence-electron chi connectivity index (χ0n) is 11.0. The largest absolute Gasteiger partial charge is 0.306 e. The van der Waals surface area contributed by atoms with E-state index in [2.05, 4.69) is 10.4 Å². The molecule has 19 heavy (non-hydrogen) atoms. The van der Waals surface area contributed by atoms with Crippen molar-refractivity contribution in [2.75, 3.05) is 0 Å². The van der Waals surface area contributed by atoms with Gasteiger partial charge < -0.3 is 5.32 Å². The lowest BCUT2D eigenvalue weighted by molar-refractivity contribution is 0.399. The van der Waals surface area contributed by atoms with E-state index in [1.807, 2.05) is 26.1 Å². The third-order valence-electron chi connectivity index (χ3n) is 3.00. The Morgan fingerprint density at radius 2 is 2.05 bits per heavy atom. The van der Waals surface area contributed by atoms with E-state index in [0.29, 0.717) is 12.1 Å². The summed E-state index contributed by atoms with van der Waals surface area (Å²) in [5.74, 6) is -1.60. The van der Waals surface area contributed by atoms with Gasteiger partial charge in [0.1, 0.15) is 0 Å². The number of rotatable bonds is 5. The maximum Gasteiger partial charge on any atom is 0.163 e. The Labute approximate surface area is 111 Å². The van der Waals surface area contributed by atoms with Gasteiger partial charge in [-0.15, -0.1) is 0 Å². The number of benzene rings is 1. The molecule has 102 valence electrons. The van der Waals surface area contributed by atoms with Crippen molar-refractivity contribution in [3.05, 3.63) is 53.9 Å². The Bertz CT molecular complexity index is 525. The Hall–Kier alpha value is -1.75. The van der Waals surface area contributed by atoms with E-state index in [1.165, 1.54) is 6.07 Å². The Morgan fingerprint density at radius 3 is 2.74 bits per heavy atom. The second-order valence-corrected chi connectivity index (χ2v) is 4.66. The van der Waals surface area contributed by atoms with Gasteiger partial charge in [-0.1, -0.05) is 12.1 Å². The van der Waals surface area contributed by atoms with Crippen molar-refractivity contribution in [1.82, 2.24) is 15.1 Å². The summed E-state index contributed by atoms with van der Waals surface area (Å²) in [6.07, 6.45) is 3.58. The van der Waals surface area contributed by atoms with E-state index in [1.54, 1.807) is 16.9 Å². The third-order valence-corrected chi connectivity index (χ3v) is 3.00. The van der Waals surface area contributed by atoms with E-state index < -0.39 is 11.6 Å². The summed E-state index contributed by atoms with van der Waals surface area (Å²) < 4.78 is 28.6.